The van der Waals surface area contributed by atoms with Crippen molar-refractivity contribution in [2.24, 2.45) is 5.92 Å². The zero-order valence-electron chi connectivity index (χ0n) is 14.2. The number of nitrogens with one attached hydrogen (secondary N) is 1. The summed E-state index contributed by atoms with van der Waals surface area (Å²) in [7, 11) is 0. The van der Waals surface area contributed by atoms with Crippen LogP contribution in [-0.4, -0.2) is 40.9 Å². The number of carboxylic acids is 1. The van der Waals surface area contributed by atoms with Gasteiger partial charge in [-0.05, 0) is 43.2 Å². The molecule has 134 valence electrons. The smallest absolute Gasteiger partial charge is 0.306 e. The van der Waals surface area contributed by atoms with E-state index in [-0.39, 0.29) is 17.7 Å². The number of anilines is 1. The number of hydrogen-bond donors (Lipinski definition) is 2. The van der Waals surface area contributed by atoms with E-state index in [1.807, 2.05) is 6.07 Å². The summed E-state index contributed by atoms with van der Waals surface area (Å²) in [5, 5.41) is 11.8. The van der Waals surface area contributed by atoms with Crippen LogP contribution in [0.5, 0.6) is 0 Å². The Labute approximate surface area is 151 Å². The number of piperidine rings is 1. The predicted octanol–water partition coefficient (Wildman–Crippen LogP) is 2.88. The second-order valence-corrected chi connectivity index (χ2v) is 6.31. The molecule has 0 radical (unpaired) electrons. The highest BCUT2D eigenvalue weighted by atomic mass is 16.4. The Kier molecular flexibility index (Phi) is 5.31. The molecule has 2 aromatic carbocycles. The Balaban J connectivity index is 1.66. The zero-order valence-corrected chi connectivity index (χ0v) is 14.2. The van der Waals surface area contributed by atoms with Crippen LogP contribution in [0.3, 0.4) is 0 Å². The van der Waals surface area contributed by atoms with Crippen molar-refractivity contribution in [1.29, 1.82) is 0 Å². The van der Waals surface area contributed by atoms with Gasteiger partial charge in [0, 0.05) is 29.9 Å². The summed E-state index contributed by atoms with van der Waals surface area (Å²) in [5.74, 6) is -1.57. The fourth-order valence-corrected chi connectivity index (χ4v) is 3.03. The molecule has 2 aromatic rings. The summed E-state index contributed by atoms with van der Waals surface area (Å²) in [4.78, 5) is 37.6. The topological polar surface area (TPSA) is 86.7 Å². The molecule has 1 heterocycles. The van der Waals surface area contributed by atoms with Crippen LogP contribution in [0.15, 0.2) is 54.6 Å². The van der Waals surface area contributed by atoms with Gasteiger partial charge >= 0.3 is 5.97 Å². The molecule has 6 heteroatoms. The van der Waals surface area contributed by atoms with Gasteiger partial charge < -0.3 is 15.3 Å². The van der Waals surface area contributed by atoms with Crippen LogP contribution >= 0.6 is 0 Å². The van der Waals surface area contributed by atoms with Crippen LogP contribution in [0.2, 0.25) is 0 Å². The lowest BCUT2D eigenvalue weighted by molar-refractivity contribution is -0.143. The molecule has 0 spiro atoms. The number of carbonyl (C=O) groups excluding carboxylic acids is 2. The summed E-state index contributed by atoms with van der Waals surface area (Å²) < 4.78 is 0. The number of benzene rings is 2. The zero-order chi connectivity index (χ0) is 18.5. The molecule has 1 saturated heterocycles. The molecular weight excluding hydrogens is 332 g/mol. The Hall–Kier alpha value is -3.15. The van der Waals surface area contributed by atoms with Gasteiger partial charge in [0.05, 0.1) is 5.92 Å². The van der Waals surface area contributed by atoms with Crippen molar-refractivity contribution < 1.29 is 19.5 Å². The molecule has 0 bridgehead atoms. The van der Waals surface area contributed by atoms with Crippen molar-refractivity contribution in [2.75, 3.05) is 18.4 Å². The van der Waals surface area contributed by atoms with Crippen LogP contribution in [0.25, 0.3) is 0 Å². The van der Waals surface area contributed by atoms with Crippen molar-refractivity contribution in [2.45, 2.75) is 12.8 Å². The summed E-state index contributed by atoms with van der Waals surface area (Å²) in [6.07, 6.45) is 0.928. The Bertz CT molecular complexity index is 812. The average Bonchev–Trinajstić information content (AvgIpc) is 2.68. The third kappa shape index (κ3) is 4.08. The minimum absolute atomic E-state index is 0.148. The molecule has 0 saturated carbocycles. The van der Waals surface area contributed by atoms with E-state index in [1.54, 1.807) is 53.4 Å². The molecule has 0 aromatic heterocycles. The first-order valence-electron chi connectivity index (χ1n) is 8.53. The van der Waals surface area contributed by atoms with Gasteiger partial charge in [-0.3, -0.25) is 14.4 Å². The Morgan fingerprint density at radius 3 is 2.23 bits per heavy atom. The maximum absolute atomic E-state index is 12.7. The molecule has 3 rings (SSSR count). The number of carbonyl (C=O) groups is 3. The normalized spacial score (nSPS) is 14.7. The van der Waals surface area contributed by atoms with Crippen molar-refractivity contribution in [3.63, 3.8) is 0 Å². The van der Waals surface area contributed by atoms with E-state index < -0.39 is 5.97 Å². The van der Waals surface area contributed by atoms with Gasteiger partial charge in [0.25, 0.3) is 11.8 Å². The lowest BCUT2D eigenvalue weighted by atomic mass is 9.96. The summed E-state index contributed by atoms with van der Waals surface area (Å²) in [6, 6.07) is 15.6. The van der Waals surface area contributed by atoms with E-state index >= 15 is 0 Å². The van der Waals surface area contributed by atoms with Gasteiger partial charge in [-0.2, -0.15) is 0 Å². The lowest BCUT2D eigenvalue weighted by Gasteiger charge is -2.30. The molecule has 1 aliphatic heterocycles. The third-order valence-corrected chi connectivity index (χ3v) is 4.53. The molecule has 2 amide bonds. The van der Waals surface area contributed by atoms with Crippen LogP contribution in [0.4, 0.5) is 5.69 Å². The first-order chi connectivity index (χ1) is 12.5. The van der Waals surface area contributed by atoms with Crippen LogP contribution in [-0.2, 0) is 4.79 Å². The largest absolute Gasteiger partial charge is 0.481 e. The minimum Gasteiger partial charge on any atom is -0.481 e. The maximum atomic E-state index is 12.7. The number of nitrogens with zero attached hydrogens (tertiary/aromatic N) is 1. The number of hydrogen-bond acceptors (Lipinski definition) is 3. The number of rotatable bonds is 4. The summed E-state index contributed by atoms with van der Waals surface area (Å²) in [6.45, 7) is 0.854. The number of aliphatic carboxylic acids is 1. The molecule has 2 N–H and O–H groups in total. The fraction of sp³-hybridized carbons (Fsp3) is 0.250. The molecule has 0 atom stereocenters. The molecule has 6 nitrogen and oxygen atoms in total. The highest BCUT2D eigenvalue weighted by Crippen LogP contribution is 2.20. The molecule has 1 aliphatic rings. The van der Waals surface area contributed by atoms with Crippen molar-refractivity contribution >= 4 is 23.5 Å². The van der Waals surface area contributed by atoms with Gasteiger partial charge in [0.1, 0.15) is 0 Å². The Morgan fingerprint density at radius 2 is 1.58 bits per heavy atom. The lowest BCUT2D eigenvalue weighted by Crippen LogP contribution is -2.40. The monoisotopic (exact) mass is 352 g/mol. The minimum atomic E-state index is -0.803. The maximum Gasteiger partial charge on any atom is 0.306 e. The molecule has 26 heavy (non-hydrogen) atoms. The van der Waals surface area contributed by atoms with Crippen molar-refractivity contribution in [3.8, 4) is 0 Å². The molecule has 0 aliphatic carbocycles. The van der Waals surface area contributed by atoms with E-state index in [0.717, 1.165) is 0 Å². The quantitative estimate of drug-likeness (QED) is 0.886. The second-order valence-electron chi connectivity index (χ2n) is 6.31. The standard InChI is InChI=1S/C20H20N2O4/c23-18(14-5-2-1-3-6-14)21-17-8-4-7-16(13-17)19(24)22-11-9-15(10-12-22)20(25)26/h1-8,13,15H,9-12H2,(H,21,23)(H,25,26). The number of carboxylic acid groups (broad SMARTS) is 1. The van der Waals surface area contributed by atoms with E-state index in [2.05, 4.69) is 5.32 Å². The summed E-state index contributed by atoms with van der Waals surface area (Å²) >= 11 is 0. The van der Waals surface area contributed by atoms with Crippen molar-refractivity contribution in [3.05, 3.63) is 65.7 Å². The molecular formula is C20H20N2O4. The van der Waals surface area contributed by atoms with Crippen LogP contribution in [0, 0.1) is 5.92 Å². The average molecular weight is 352 g/mol. The Morgan fingerprint density at radius 1 is 0.923 bits per heavy atom. The van der Waals surface area contributed by atoms with Gasteiger partial charge in [0.15, 0.2) is 0 Å². The highest BCUT2D eigenvalue weighted by Gasteiger charge is 2.27. The summed E-state index contributed by atoms with van der Waals surface area (Å²) in [5.41, 5.74) is 1.56. The van der Waals surface area contributed by atoms with E-state index in [0.29, 0.717) is 42.7 Å². The van der Waals surface area contributed by atoms with E-state index in [4.69, 9.17) is 5.11 Å². The molecule has 0 unspecified atom stereocenters. The number of likely N-dealkylation sites (tertiary alicyclic amines) is 1. The first-order valence-corrected chi connectivity index (χ1v) is 8.53. The molecule has 1 fully saturated rings. The van der Waals surface area contributed by atoms with Gasteiger partial charge in [-0.15, -0.1) is 0 Å². The SMILES string of the molecule is O=C(Nc1cccc(C(=O)N2CCC(C(=O)O)CC2)c1)c1ccccc1. The van der Waals surface area contributed by atoms with Crippen LogP contribution in [0.1, 0.15) is 33.6 Å². The third-order valence-electron chi connectivity index (χ3n) is 4.53. The van der Waals surface area contributed by atoms with Crippen LogP contribution < -0.4 is 5.32 Å². The van der Waals surface area contributed by atoms with Gasteiger partial charge in [-0.1, -0.05) is 24.3 Å². The first kappa shape index (κ1) is 17.7. The highest BCUT2D eigenvalue weighted by molar-refractivity contribution is 6.05. The second kappa shape index (κ2) is 7.82. The van der Waals surface area contributed by atoms with Gasteiger partial charge in [-0.25, -0.2) is 0 Å². The predicted molar refractivity (Wildman–Crippen MR) is 97.1 cm³/mol. The van der Waals surface area contributed by atoms with E-state index in [1.165, 1.54) is 0 Å². The van der Waals surface area contributed by atoms with Crippen molar-refractivity contribution in [1.82, 2.24) is 4.90 Å². The number of amides is 2. The van der Waals surface area contributed by atoms with Gasteiger partial charge in [0.2, 0.25) is 0 Å². The fourth-order valence-electron chi connectivity index (χ4n) is 3.03. The van der Waals surface area contributed by atoms with E-state index in [9.17, 15) is 14.4 Å².